The molecule has 29 heavy (non-hydrogen) atoms. The molecule has 1 aromatic heterocycles. The number of hydrogen-bond acceptors (Lipinski definition) is 2. The van der Waals surface area contributed by atoms with Gasteiger partial charge in [0.2, 0.25) is 0 Å². The van der Waals surface area contributed by atoms with Gasteiger partial charge >= 0.3 is 0 Å². The number of ether oxygens (including phenoxy) is 1. The molecule has 0 bridgehead atoms. The smallest absolute Gasteiger partial charge is 0.141 e. The van der Waals surface area contributed by atoms with E-state index in [1.807, 2.05) is 25.1 Å². The van der Waals surface area contributed by atoms with E-state index in [-0.39, 0.29) is 6.10 Å². The average molecular weight is 383 g/mol. The Morgan fingerprint density at radius 1 is 0.759 bits per heavy atom. The van der Waals surface area contributed by atoms with Crippen molar-refractivity contribution >= 4 is 0 Å². The molecule has 0 aliphatic carbocycles. The van der Waals surface area contributed by atoms with Gasteiger partial charge in [-0.25, -0.2) is 4.98 Å². The van der Waals surface area contributed by atoms with E-state index in [4.69, 9.17) is 9.72 Å². The molecular formula is C26H26N2O. The second-order valence-electron chi connectivity index (χ2n) is 7.11. The first kappa shape index (κ1) is 19.2. The number of rotatable bonds is 7. The van der Waals surface area contributed by atoms with Crippen LogP contribution in [0.15, 0.2) is 91.0 Å². The zero-order chi connectivity index (χ0) is 20.1. The van der Waals surface area contributed by atoms with Crippen molar-refractivity contribution in [2.45, 2.75) is 26.5 Å². The van der Waals surface area contributed by atoms with Crippen LogP contribution in [0.1, 0.15) is 13.8 Å². The molecule has 1 heterocycles. The predicted molar refractivity (Wildman–Crippen MR) is 120 cm³/mol. The molecule has 1 unspecified atom stereocenters. The van der Waals surface area contributed by atoms with Gasteiger partial charge in [-0.05, 0) is 13.8 Å². The van der Waals surface area contributed by atoms with Gasteiger partial charge in [-0.15, -0.1) is 0 Å². The molecule has 0 saturated heterocycles. The highest BCUT2D eigenvalue weighted by atomic mass is 16.5. The summed E-state index contributed by atoms with van der Waals surface area (Å²) in [6.45, 7) is 5.59. The SMILES string of the molecule is CCOC(C)Cn1c(-c2ccccc2)nc(-c2ccccc2)c1-c1ccccc1. The van der Waals surface area contributed by atoms with Crippen LogP contribution in [0.3, 0.4) is 0 Å². The summed E-state index contributed by atoms with van der Waals surface area (Å²) < 4.78 is 8.21. The molecule has 0 fully saturated rings. The van der Waals surface area contributed by atoms with Crippen molar-refractivity contribution in [3.63, 3.8) is 0 Å². The van der Waals surface area contributed by atoms with Gasteiger partial charge in [0.25, 0.3) is 0 Å². The third kappa shape index (κ3) is 4.15. The molecule has 0 N–H and O–H groups in total. The lowest BCUT2D eigenvalue weighted by molar-refractivity contribution is 0.0646. The number of hydrogen-bond donors (Lipinski definition) is 0. The Morgan fingerprint density at radius 2 is 1.28 bits per heavy atom. The van der Waals surface area contributed by atoms with E-state index in [2.05, 4.69) is 84.3 Å². The quantitative estimate of drug-likeness (QED) is 0.374. The Balaban J connectivity index is 1.97. The maximum Gasteiger partial charge on any atom is 0.141 e. The van der Waals surface area contributed by atoms with Crippen molar-refractivity contribution in [1.82, 2.24) is 9.55 Å². The van der Waals surface area contributed by atoms with Crippen molar-refractivity contribution in [2.24, 2.45) is 0 Å². The van der Waals surface area contributed by atoms with Gasteiger partial charge in [-0.3, -0.25) is 0 Å². The Morgan fingerprint density at radius 3 is 1.83 bits per heavy atom. The number of imidazole rings is 1. The van der Waals surface area contributed by atoms with Crippen LogP contribution >= 0.6 is 0 Å². The zero-order valence-corrected chi connectivity index (χ0v) is 17.0. The fourth-order valence-corrected chi connectivity index (χ4v) is 3.72. The van der Waals surface area contributed by atoms with Crippen LogP contribution in [0.2, 0.25) is 0 Å². The summed E-state index contributed by atoms with van der Waals surface area (Å²) in [5, 5.41) is 0. The van der Waals surface area contributed by atoms with Crippen LogP contribution in [0.25, 0.3) is 33.9 Å². The fraction of sp³-hybridized carbons (Fsp3) is 0.192. The molecule has 0 aliphatic heterocycles. The first-order chi connectivity index (χ1) is 14.3. The highest BCUT2D eigenvalue weighted by molar-refractivity contribution is 5.82. The van der Waals surface area contributed by atoms with Gasteiger partial charge in [0.1, 0.15) is 5.82 Å². The summed E-state index contributed by atoms with van der Waals surface area (Å²) in [4.78, 5) is 5.15. The van der Waals surface area contributed by atoms with E-state index < -0.39 is 0 Å². The third-order valence-corrected chi connectivity index (χ3v) is 4.98. The highest BCUT2D eigenvalue weighted by Crippen LogP contribution is 2.36. The molecule has 146 valence electrons. The molecule has 0 spiro atoms. The molecule has 3 heteroatoms. The van der Waals surface area contributed by atoms with Gasteiger partial charge in [-0.2, -0.15) is 0 Å². The van der Waals surface area contributed by atoms with Crippen LogP contribution in [-0.4, -0.2) is 22.3 Å². The lowest BCUT2D eigenvalue weighted by Crippen LogP contribution is -2.18. The third-order valence-electron chi connectivity index (χ3n) is 4.98. The van der Waals surface area contributed by atoms with Crippen LogP contribution in [0.5, 0.6) is 0 Å². The van der Waals surface area contributed by atoms with Crippen LogP contribution in [0.4, 0.5) is 0 Å². The number of benzene rings is 3. The summed E-state index contributed by atoms with van der Waals surface area (Å²) in [5.74, 6) is 0.967. The Labute approximate surface area is 172 Å². The van der Waals surface area contributed by atoms with Crippen molar-refractivity contribution in [3.8, 4) is 33.9 Å². The van der Waals surface area contributed by atoms with Crippen molar-refractivity contribution in [1.29, 1.82) is 0 Å². The van der Waals surface area contributed by atoms with E-state index in [0.717, 1.165) is 40.4 Å². The zero-order valence-electron chi connectivity index (χ0n) is 17.0. The molecule has 0 amide bonds. The minimum atomic E-state index is 0.0859. The van der Waals surface area contributed by atoms with E-state index in [0.29, 0.717) is 6.61 Å². The Hall–Kier alpha value is -3.17. The molecule has 0 aliphatic rings. The maximum atomic E-state index is 5.89. The van der Waals surface area contributed by atoms with Gasteiger partial charge in [-0.1, -0.05) is 91.0 Å². The first-order valence-electron chi connectivity index (χ1n) is 10.2. The van der Waals surface area contributed by atoms with Crippen LogP contribution in [0, 0.1) is 0 Å². The first-order valence-corrected chi connectivity index (χ1v) is 10.2. The summed E-state index contributed by atoms with van der Waals surface area (Å²) >= 11 is 0. The summed E-state index contributed by atoms with van der Waals surface area (Å²) in [6.07, 6.45) is 0.0859. The molecule has 0 saturated carbocycles. The highest BCUT2D eigenvalue weighted by Gasteiger charge is 2.22. The molecular weight excluding hydrogens is 356 g/mol. The van der Waals surface area contributed by atoms with E-state index >= 15 is 0 Å². The molecule has 4 aromatic rings. The number of aromatic nitrogens is 2. The predicted octanol–water partition coefficient (Wildman–Crippen LogP) is 6.31. The topological polar surface area (TPSA) is 27.1 Å². The van der Waals surface area contributed by atoms with Crippen LogP contribution < -0.4 is 0 Å². The molecule has 4 rings (SSSR count). The monoisotopic (exact) mass is 382 g/mol. The molecule has 1 atom stereocenters. The van der Waals surface area contributed by atoms with E-state index in [9.17, 15) is 0 Å². The second kappa shape index (κ2) is 8.89. The van der Waals surface area contributed by atoms with Gasteiger partial charge in [0, 0.05) is 23.3 Å². The lowest BCUT2D eigenvalue weighted by Gasteiger charge is -2.18. The minimum Gasteiger partial charge on any atom is -0.377 e. The molecule has 3 aromatic carbocycles. The van der Waals surface area contributed by atoms with Gasteiger partial charge in [0.15, 0.2) is 0 Å². The van der Waals surface area contributed by atoms with Gasteiger partial charge in [0.05, 0.1) is 24.0 Å². The number of nitrogens with zero attached hydrogens (tertiary/aromatic N) is 2. The largest absolute Gasteiger partial charge is 0.377 e. The normalized spacial score (nSPS) is 12.1. The van der Waals surface area contributed by atoms with Gasteiger partial charge < -0.3 is 9.30 Å². The maximum absolute atomic E-state index is 5.89. The van der Waals surface area contributed by atoms with Crippen molar-refractivity contribution in [2.75, 3.05) is 6.61 Å². The second-order valence-corrected chi connectivity index (χ2v) is 7.11. The minimum absolute atomic E-state index is 0.0859. The standard InChI is InChI=1S/C26H26N2O/c1-3-29-20(2)19-28-25(22-15-9-5-10-16-22)24(21-13-7-4-8-14-21)27-26(28)23-17-11-6-12-18-23/h4-18,20H,3,19H2,1-2H3. The Kier molecular flexibility index (Phi) is 5.87. The molecule has 3 nitrogen and oxygen atoms in total. The summed E-state index contributed by atoms with van der Waals surface area (Å²) in [7, 11) is 0. The van der Waals surface area contributed by atoms with E-state index in [1.54, 1.807) is 0 Å². The Bertz CT molecular complexity index is 1040. The van der Waals surface area contributed by atoms with E-state index in [1.165, 1.54) is 0 Å². The summed E-state index contributed by atoms with van der Waals surface area (Å²) in [6, 6.07) is 31.3. The van der Waals surface area contributed by atoms with Crippen molar-refractivity contribution < 1.29 is 4.74 Å². The average Bonchev–Trinajstić information content (AvgIpc) is 3.15. The lowest BCUT2D eigenvalue weighted by atomic mass is 10.0. The molecule has 0 radical (unpaired) electrons. The van der Waals surface area contributed by atoms with Crippen molar-refractivity contribution in [3.05, 3.63) is 91.0 Å². The fourth-order valence-electron chi connectivity index (χ4n) is 3.72. The summed E-state index contributed by atoms with van der Waals surface area (Å²) in [5.41, 5.74) is 5.51. The van der Waals surface area contributed by atoms with Crippen LogP contribution in [-0.2, 0) is 11.3 Å².